The molecule has 6 nitrogen and oxygen atoms in total. The predicted molar refractivity (Wildman–Crippen MR) is 118 cm³/mol. The molecule has 1 saturated carbocycles. The van der Waals surface area contributed by atoms with Crippen molar-refractivity contribution in [2.75, 3.05) is 5.32 Å². The third-order valence-corrected chi connectivity index (χ3v) is 7.51. The molecule has 1 fully saturated rings. The van der Waals surface area contributed by atoms with E-state index in [0.29, 0.717) is 5.13 Å². The molecule has 8 heteroatoms. The van der Waals surface area contributed by atoms with Gasteiger partial charge in [-0.25, -0.2) is 18.1 Å². The zero-order chi connectivity index (χ0) is 21.0. The summed E-state index contributed by atoms with van der Waals surface area (Å²) in [4.78, 5) is 18.1. The highest BCUT2D eigenvalue weighted by Crippen LogP contribution is 2.23. The first-order valence-corrected chi connectivity index (χ1v) is 12.2. The molecule has 2 N–H and O–H groups in total. The minimum absolute atomic E-state index is 0.0224. The van der Waals surface area contributed by atoms with E-state index in [1.54, 1.807) is 18.3 Å². The topological polar surface area (TPSA) is 88.2 Å². The van der Waals surface area contributed by atoms with Crippen molar-refractivity contribution in [2.24, 2.45) is 0 Å². The fourth-order valence-corrected chi connectivity index (χ4v) is 5.74. The zero-order valence-electron chi connectivity index (χ0n) is 16.4. The van der Waals surface area contributed by atoms with Crippen LogP contribution in [0.1, 0.15) is 46.5 Å². The summed E-state index contributed by atoms with van der Waals surface area (Å²) in [6.45, 7) is 0. The average Bonchev–Trinajstić information content (AvgIpc) is 3.41. The number of aromatic nitrogens is 1. The summed E-state index contributed by atoms with van der Waals surface area (Å²) >= 11 is 1.41. The van der Waals surface area contributed by atoms with Gasteiger partial charge in [-0.15, -0.1) is 11.3 Å². The molecule has 1 amide bonds. The summed E-state index contributed by atoms with van der Waals surface area (Å²) in [7, 11) is -3.65. The first-order valence-electron chi connectivity index (χ1n) is 9.92. The fourth-order valence-electron chi connectivity index (χ4n) is 3.55. The summed E-state index contributed by atoms with van der Waals surface area (Å²) < 4.78 is 28.0. The monoisotopic (exact) mass is 441 g/mol. The van der Waals surface area contributed by atoms with Crippen LogP contribution in [-0.4, -0.2) is 25.4 Å². The lowest BCUT2D eigenvalue weighted by Gasteiger charge is -2.13. The van der Waals surface area contributed by atoms with E-state index >= 15 is 0 Å². The Bertz CT molecular complexity index is 1120. The smallest absolute Gasteiger partial charge is 0.257 e. The van der Waals surface area contributed by atoms with Crippen LogP contribution in [0.2, 0.25) is 0 Å². The lowest BCUT2D eigenvalue weighted by Crippen LogP contribution is -2.32. The van der Waals surface area contributed by atoms with Crippen LogP contribution in [0, 0.1) is 0 Å². The standard InChI is InChI=1S/C22H23N3O3S2/c26-21(24-22-23-15-19(29-22)13-16-7-2-1-3-8-16)17-9-6-12-20(14-17)30(27,28)25-18-10-4-5-11-18/h1-3,6-9,12,14-15,18,25H,4-5,10-11,13H2,(H,23,24,26). The predicted octanol–water partition coefficient (Wildman–Crippen LogP) is 4.21. The molecule has 0 atom stereocenters. The number of amides is 1. The number of thiazole rings is 1. The molecular weight excluding hydrogens is 418 g/mol. The van der Waals surface area contributed by atoms with E-state index in [-0.39, 0.29) is 22.4 Å². The van der Waals surface area contributed by atoms with Crippen molar-refractivity contribution in [3.63, 3.8) is 0 Å². The highest BCUT2D eigenvalue weighted by molar-refractivity contribution is 7.89. The number of benzene rings is 2. The van der Waals surface area contributed by atoms with E-state index in [0.717, 1.165) is 37.0 Å². The summed E-state index contributed by atoms with van der Waals surface area (Å²) in [5.41, 5.74) is 1.45. The number of carbonyl (C=O) groups excluding carboxylic acids is 1. The molecule has 3 aromatic rings. The van der Waals surface area contributed by atoms with Crippen LogP contribution in [0.4, 0.5) is 5.13 Å². The van der Waals surface area contributed by atoms with Crippen molar-refractivity contribution >= 4 is 32.4 Å². The lowest BCUT2D eigenvalue weighted by atomic mass is 10.1. The molecule has 1 aromatic heterocycles. The van der Waals surface area contributed by atoms with Gasteiger partial charge in [0.2, 0.25) is 10.0 Å². The number of hydrogen-bond acceptors (Lipinski definition) is 5. The van der Waals surface area contributed by atoms with Crippen molar-refractivity contribution in [1.82, 2.24) is 9.71 Å². The van der Waals surface area contributed by atoms with Crippen LogP contribution in [0.15, 0.2) is 65.7 Å². The Labute approximate surface area is 180 Å². The summed E-state index contributed by atoms with van der Waals surface area (Å²) in [5, 5.41) is 3.26. The van der Waals surface area contributed by atoms with Gasteiger partial charge in [0.1, 0.15) is 0 Å². The largest absolute Gasteiger partial charge is 0.298 e. The number of rotatable bonds is 7. The zero-order valence-corrected chi connectivity index (χ0v) is 18.0. The molecule has 0 aliphatic heterocycles. The summed E-state index contributed by atoms with van der Waals surface area (Å²) in [6, 6.07) is 16.1. The van der Waals surface area contributed by atoms with Gasteiger partial charge < -0.3 is 0 Å². The van der Waals surface area contributed by atoms with Gasteiger partial charge in [-0.3, -0.25) is 10.1 Å². The molecule has 2 aromatic carbocycles. The van der Waals surface area contributed by atoms with Gasteiger partial charge >= 0.3 is 0 Å². The number of hydrogen-bond donors (Lipinski definition) is 2. The maximum absolute atomic E-state index is 12.6. The van der Waals surface area contributed by atoms with E-state index in [9.17, 15) is 13.2 Å². The molecule has 4 rings (SSSR count). The summed E-state index contributed by atoms with van der Waals surface area (Å²) in [5.74, 6) is -0.381. The quantitative estimate of drug-likeness (QED) is 0.575. The number of nitrogens with zero attached hydrogens (tertiary/aromatic N) is 1. The van der Waals surface area contributed by atoms with Gasteiger partial charge in [0.25, 0.3) is 5.91 Å². The molecule has 0 radical (unpaired) electrons. The Morgan fingerprint density at radius 3 is 2.60 bits per heavy atom. The lowest BCUT2D eigenvalue weighted by molar-refractivity contribution is 0.102. The van der Waals surface area contributed by atoms with Gasteiger partial charge in [-0.2, -0.15) is 0 Å². The minimum Gasteiger partial charge on any atom is -0.298 e. The molecular formula is C22H23N3O3S2. The Balaban J connectivity index is 1.43. The van der Waals surface area contributed by atoms with Gasteiger partial charge in [-0.1, -0.05) is 49.2 Å². The molecule has 30 heavy (non-hydrogen) atoms. The van der Waals surface area contributed by atoms with Gasteiger partial charge in [0.15, 0.2) is 5.13 Å². The molecule has 0 unspecified atom stereocenters. The first-order chi connectivity index (χ1) is 14.5. The van der Waals surface area contributed by atoms with Crippen LogP contribution >= 0.6 is 11.3 Å². The normalized spacial score (nSPS) is 14.7. The molecule has 0 saturated heterocycles. The van der Waals surface area contributed by atoms with E-state index < -0.39 is 10.0 Å². The van der Waals surface area contributed by atoms with E-state index in [4.69, 9.17) is 0 Å². The second-order valence-corrected chi connectivity index (χ2v) is 10.2. The van der Waals surface area contributed by atoms with Gasteiger partial charge in [-0.05, 0) is 36.6 Å². The van der Waals surface area contributed by atoms with Crippen molar-refractivity contribution < 1.29 is 13.2 Å². The van der Waals surface area contributed by atoms with Gasteiger partial charge in [0, 0.05) is 29.1 Å². The van der Waals surface area contributed by atoms with E-state index in [2.05, 4.69) is 15.0 Å². The molecule has 0 spiro atoms. The SMILES string of the molecule is O=C(Nc1ncc(Cc2ccccc2)s1)c1cccc(S(=O)(=O)NC2CCCC2)c1. The van der Waals surface area contributed by atoms with Crippen molar-refractivity contribution in [3.05, 3.63) is 76.8 Å². The van der Waals surface area contributed by atoms with Crippen LogP contribution in [0.5, 0.6) is 0 Å². The van der Waals surface area contributed by atoms with Crippen molar-refractivity contribution in [1.29, 1.82) is 0 Å². The average molecular weight is 442 g/mol. The second kappa shape index (κ2) is 9.07. The third-order valence-electron chi connectivity index (χ3n) is 5.08. The third kappa shape index (κ3) is 5.13. The van der Waals surface area contributed by atoms with Crippen molar-refractivity contribution in [2.45, 2.75) is 43.0 Å². The molecule has 0 bridgehead atoms. The first kappa shape index (κ1) is 20.7. The van der Waals surface area contributed by atoms with Crippen LogP contribution in [0.25, 0.3) is 0 Å². The number of anilines is 1. The van der Waals surface area contributed by atoms with Gasteiger partial charge in [0.05, 0.1) is 4.90 Å². The Kier molecular flexibility index (Phi) is 6.26. The Morgan fingerprint density at radius 1 is 1.07 bits per heavy atom. The van der Waals surface area contributed by atoms with Crippen LogP contribution in [0.3, 0.4) is 0 Å². The maximum atomic E-state index is 12.6. The van der Waals surface area contributed by atoms with Crippen LogP contribution in [-0.2, 0) is 16.4 Å². The Hall–Kier alpha value is -2.55. The summed E-state index contributed by atoms with van der Waals surface area (Å²) in [6.07, 6.45) is 6.28. The number of carbonyl (C=O) groups is 1. The van der Waals surface area contributed by atoms with Crippen LogP contribution < -0.4 is 10.0 Å². The van der Waals surface area contributed by atoms with Crippen molar-refractivity contribution in [3.8, 4) is 0 Å². The highest BCUT2D eigenvalue weighted by atomic mass is 32.2. The molecule has 156 valence electrons. The number of nitrogens with one attached hydrogen (secondary N) is 2. The fraction of sp³-hybridized carbons (Fsp3) is 0.273. The molecule has 1 aliphatic carbocycles. The number of sulfonamides is 1. The highest BCUT2D eigenvalue weighted by Gasteiger charge is 2.23. The Morgan fingerprint density at radius 2 is 1.83 bits per heavy atom. The minimum atomic E-state index is -3.65. The maximum Gasteiger partial charge on any atom is 0.257 e. The van der Waals surface area contributed by atoms with E-state index in [1.165, 1.54) is 29.0 Å². The second-order valence-electron chi connectivity index (χ2n) is 7.38. The van der Waals surface area contributed by atoms with E-state index in [1.807, 2.05) is 30.3 Å². The molecule has 1 aliphatic rings. The molecule has 1 heterocycles.